The van der Waals surface area contributed by atoms with Crippen LogP contribution in [0, 0.1) is 23.4 Å². The maximum atomic E-state index is 14.3. The van der Waals surface area contributed by atoms with Crippen molar-refractivity contribution in [3.63, 3.8) is 0 Å². The first kappa shape index (κ1) is 29.8. The van der Waals surface area contributed by atoms with E-state index < -0.39 is 49.8 Å². The number of piperidine rings is 1. The molecule has 0 aromatic heterocycles. The van der Waals surface area contributed by atoms with Gasteiger partial charge in [0.1, 0.15) is 10.6 Å². The van der Waals surface area contributed by atoms with Crippen LogP contribution < -0.4 is 9.44 Å². The van der Waals surface area contributed by atoms with Gasteiger partial charge in [-0.15, -0.1) is 4.72 Å². The van der Waals surface area contributed by atoms with Gasteiger partial charge in [-0.3, -0.25) is 4.79 Å². The van der Waals surface area contributed by atoms with E-state index in [0.29, 0.717) is 32.0 Å². The van der Waals surface area contributed by atoms with Crippen LogP contribution in [0.5, 0.6) is 0 Å². The fourth-order valence-electron chi connectivity index (χ4n) is 3.70. The van der Waals surface area contributed by atoms with Crippen LogP contribution >= 0.6 is 0 Å². The molecule has 0 bridgehead atoms. The summed E-state index contributed by atoms with van der Waals surface area (Å²) in [6, 6.07) is 0.847. The Bertz CT molecular complexity index is 982. The van der Waals surface area contributed by atoms with E-state index in [2.05, 4.69) is 9.44 Å². The van der Waals surface area contributed by atoms with Crippen LogP contribution in [0.3, 0.4) is 0 Å². The van der Waals surface area contributed by atoms with E-state index in [1.54, 1.807) is 25.7 Å². The first-order valence-electron chi connectivity index (χ1n) is 11.4. The van der Waals surface area contributed by atoms with Crippen molar-refractivity contribution in [1.82, 2.24) is 18.6 Å². The summed E-state index contributed by atoms with van der Waals surface area (Å²) >= 11 is -1.48. The van der Waals surface area contributed by atoms with Gasteiger partial charge in [0.25, 0.3) is 10.2 Å². The van der Waals surface area contributed by atoms with Crippen LogP contribution in [0.15, 0.2) is 12.1 Å². The zero-order valence-corrected chi connectivity index (χ0v) is 22.4. The molecule has 1 fully saturated rings. The number of rotatable bonds is 10. The van der Waals surface area contributed by atoms with Crippen molar-refractivity contribution in [2.24, 2.45) is 5.92 Å². The summed E-state index contributed by atoms with van der Waals surface area (Å²) < 4.78 is 83.6. The van der Waals surface area contributed by atoms with E-state index in [1.807, 2.05) is 0 Å². The molecule has 35 heavy (non-hydrogen) atoms. The number of carbonyl (C=O) groups is 1. The zero-order chi connectivity index (χ0) is 26.6. The third kappa shape index (κ3) is 8.60. The van der Waals surface area contributed by atoms with Crippen molar-refractivity contribution in [2.45, 2.75) is 57.2 Å². The molecule has 0 radical (unpaired) electrons. The molecule has 1 aliphatic heterocycles. The summed E-state index contributed by atoms with van der Waals surface area (Å²) in [5, 5.41) is 0. The molecule has 1 aliphatic rings. The second-order valence-corrected chi connectivity index (χ2v) is 13.8. The lowest BCUT2D eigenvalue weighted by Gasteiger charge is -2.37. The summed E-state index contributed by atoms with van der Waals surface area (Å²) in [4.78, 5) is 14.2. The van der Waals surface area contributed by atoms with E-state index in [0.717, 1.165) is 10.4 Å². The molecule has 2 rings (SSSR count). The Kier molecular flexibility index (Phi) is 10.4. The zero-order valence-electron chi connectivity index (χ0n) is 20.7. The number of amides is 1. The highest BCUT2D eigenvalue weighted by atomic mass is 32.2. The Morgan fingerprint density at radius 2 is 1.74 bits per heavy atom. The van der Waals surface area contributed by atoms with E-state index in [9.17, 15) is 30.9 Å². The monoisotopic (exact) mass is 540 g/mol. The van der Waals surface area contributed by atoms with Crippen molar-refractivity contribution in [3.8, 4) is 0 Å². The van der Waals surface area contributed by atoms with E-state index in [-0.39, 0.29) is 36.8 Å². The number of hydrogen-bond acceptors (Lipinski definition) is 5. The molecular weight excluding hydrogens is 505 g/mol. The highest BCUT2D eigenvalue weighted by Crippen LogP contribution is 2.27. The minimum absolute atomic E-state index is 0.00746. The SMILES string of the molecule is CN(C)S(=O)(=O)NCCC(=O)N1CCC([C@@H](Cc2cc(F)c(F)cc2F)N[S+]([O-])C(C)(C)C)CC1. The predicted molar refractivity (Wildman–Crippen MR) is 129 cm³/mol. The average Bonchev–Trinajstić information content (AvgIpc) is 2.76. The number of carbonyl (C=O) groups excluding carboxylic acids is 1. The highest BCUT2D eigenvalue weighted by Gasteiger charge is 2.35. The third-order valence-electron chi connectivity index (χ3n) is 5.91. The van der Waals surface area contributed by atoms with Crippen molar-refractivity contribution in [1.29, 1.82) is 0 Å². The third-order valence-corrected chi connectivity index (χ3v) is 9.07. The largest absolute Gasteiger partial charge is 0.598 e. The number of nitrogens with zero attached hydrogens (tertiary/aromatic N) is 2. The molecule has 1 amide bonds. The number of halogens is 3. The summed E-state index contributed by atoms with van der Waals surface area (Å²) in [7, 11) is -0.838. The summed E-state index contributed by atoms with van der Waals surface area (Å²) in [5.74, 6) is -3.58. The maximum absolute atomic E-state index is 14.3. The molecule has 2 atom stereocenters. The molecule has 1 aromatic carbocycles. The Morgan fingerprint density at radius 1 is 1.17 bits per heavy atom. The Labute approximate surface area is 209 Å². The topological polar surface area (TPSA) is 105 Å². The van der Waals surface area contributed by atoms with Crippen molar-refractivity contribution < 1.29 is 30.9 Å². The standard InChI is InChI=1S/C22H35F3N4O4S2/c1-22(2,3)34(31)27-20(13-16-12-18(24)19(25)14-17(16)23)15-7-10-29(11-8-15)21(30)6-9-26-35(32,33)28(4)5/h12,14-15,20,26-27H,6-11,13H2,1-5H3/t20-,34?/m1/s1. The van der Waals surface area contributed by atoms with Crippen molar-refractivity contribution in [2.75, 3.05) is 33.7 Å². The molecule has 0 saturated carbocycles. The molecular formula is C22H35F3N4O4S2. The summed E-state index contributed by atoms with van der Waals surface area (Å²) in [6.45, 7) is 6.13. The minimum atomic E-state index is -3.61. The molecule has 2 N–H and O–H groups in total. The lowest BCUT2D eigenvalue weighted by atomic mass is 9.86. The van der Waals surface area contributed by atoms with Crippen LogP contribution in [0.2, 0.25) is 0 Å². The van der Waals surface area contributed by atoms with E-state index in [1.165, 1.54) is 14.1 Å². The predicted octanol–water partition coefficient (Wildman–Crippen LogP) is 2.09. The molecule has 0 spiro atoms. The second kappa shape index (κ2) is 12.2. The van der Waals surface area contributed by atoms with Gasteiger partial charge in [0.2, 0.25) is 5.91 Å². The van der Waals surface area contributed by atoms with Crippen molar-refractivity contribution in [3.05, 3.63) is 35.1 Å². The molecule has 8 nitrogen and oxygen atoms in total. The quantitative estimate of drug-likeness (QED) is 0.349. The average molecular weight is 541 g/mol. The van der Waals surface area contributed by atoms with Gasteiger partial charge in [0, 0.05) is 57.6 Å². The van der Waals surface area contributed by atoms with Gasteiger partial charge >= 0.3 is 0 Å². The summed E-state index contributed by atoms with van der Waals surface area (Å²) in [6.07, 6.45) is 1.07. The number of nitrogens with one attached hydrogen (secondary N) is 2. The van der Waals surface area contributed by atoms with Crippen LogP contribution in [-0.2, 0) is 32.8 Å². The maximum Gasteiger partial charge on any atom is 0.278 e. The van der Waals surface area contributed by atoms with Crippen molar-refractivity contribution >= 4 is 27.5 Å². The lowest BCUT2D eigenvalue weighted by Crippen LogP contribution is -2.51. The first-order chi connectivity index (χ1) is 16.1. The van der Waals surface area contributed by atoms with Gasteiger partial charge in [0.05, 0.1) is 6.04 Å². The van der Waals surface area contributed by atoms with Crippen LogP contribution in [0.1, 0.15) is 45.6 Å². The van der Waals surface area contributed by atoms with Gasteiger partial charge in [-0.25, -0.2) is 17.9 Å². The lowest BCUT2D eigenvalue weighted by molar-refractivity contribution is -0.132. The Hall–Kier alpha value is -1.38. The van der Waals surface area contributed by atoms with Gasteiger partial charge in [-0.2, -0.15) is 12.7 Å². The molecule has 200 valence electrons. The molecule has 1 saturated heterocycles. The Morgan fingerprint density at radius 3 is 2.29 bits per heavy atom. The molecule has 1 aromatic rings. The fraction of sp³-hybridized carbons (Fsp3) is 0.682. The van der Waals surface area contributed by atoms with E-state index in [4.69, 9.17) is 0 Å². The molecule has 1 unspecified atom stereocenters. The number of likely N-dealkylation sites (tertiary alicyclic amines) is 1. The van der Waals surface area contributed by atoms with E-state index >= 15 is 0 Å². The van der Waals surface area contributed by atoms with Gasteiger partial charge in [-0.1, -0.05) is 0 Å². The van der Waals surface area contributed by atoms with Gasteiger partial charge in [0.15, 0.2) is 11.6 Å². The minimum Gasteiger partial charge on any atom is -0.598 e. The number of hydrogen-bond donors (Lipinski definition) is 2. The normalized spacial score (nSPS) is 17.6. The molecule has 13 heteroatoms. The highest BCUT2D eigenvalue weighted by molar-refractivity contribution is 7.90. The smallest absolute Gasteiger partial charge is 0.278 e. The fourth-order valence-corrected chi connectivity index (χ4v) is 5.22. The second-order valence-electron chi connectivity index (χ2n) is 9.82. The molecule has 1 heterocycles. The van der Waals surface area contributed by atoms with Gasteiger partial charge in [-0.05, 0) is 57.6 Å². The molecule has 0 aliphatic carbocycles. The van der Waals surface area contributed by atoms with Gasteiger partial charge < -0.3 is 9.45 Å². The van der Waals surface area contributed by atoms with Crippen LogP contribution in [0.25, 0.3) is 0 Å². The Balaban J connectivity index is 2.04. The summed E-state index contributed by atoms with van der Waals surface area (Å²) in [5.41, 5.74) is -0.0148. The first-order valence-corrected chi connectivity index (χ1v) is 14.0. The van der Waals surface area contributed by atoms with Crippen LogP contribution in [0.4, 0.5) is 13.2 Å². The van der Waals surface area contributed by atoms with Crippen LogP contribution in [-0.4, -0.2) is 72.6 Å². The number of benzene rings is 1.